The van der Waals surface area contributed by atoms with Crippen molar-refractivity contribution in [2.45, 2.75) is 32.6 Å². The summed E-state index contributed by atoms with van der Waals surface area (Å²) in [5, 5.41) is 3.40. The molecule has 2 fully saturated rings. The molecule has 0 spiro atoms. The Morgan fingerprint density at radius 2 is 1.90 bits per heavy atom. The van der Waals surface area contributed by atoms with Crippen LogP contribution in [0.1, 0.15) is 43.0 Å². The summed E-state index contributed by atoms with van der Waals surface area (Å²) in [5.41, 5.74) is 0.465. The van der Waals surface area contributed by atoms with Crippen molar-refractivity contribution >= 4 is 42.5 Å². The molecule has 29 heavy (non-hydrogen) atoms. The molecule has 1 atom stereocenters. The maximum atomic E-state index is 12.6. The minimum atomic E-state index is -0.347. The van der Waals surface area contributed by atoms with E-state index in [1.807, 2.05) is 11.0 Å². The third-order valence-electron chi connectivity index (χ3n) is 5.37. The Labute approximate surface area is 185 Å². The van der Waals surface area contributed by atoms with E-state index < -0.39 is 0 Å². The summed E-state index contributed by atoms with van der Waals surface area (Å²) in [6, 6.07) is 3.60. The molecule has 0 saturated carbocycles. The van der Waals surface area contributed by atoms with Gasteiger partial charge >= 0.3 is 5.97 Å². The fraction of sp³-hybridized carbons (Fsp3) is 0.650. The van der Waals surface area contributed by atoms with Gasteiger partial charge in [-0.3, -0.25) is 4.79 Å². The smallest absolute Gasteiger partial charge is 0.339 e. The van der Waals surface area contributed by atoms with Gasteiger partial charge in [-0.25, -0.2) is 9.78 Å². The van der Waals surface area contributed by atoms with Crippen LogP contribution in [0.25, 0.3) is 0 Å². The van der Waals surface area contributed by atoms with Crippen molar-refractivity contribution in [2.24, 2.45) is 5.92 Å². The molecule has 164 valence electrons. The normalized spacial score (nSPS) is 19.4. The summed E-state index contributed by atoms with van der Waals surface area (Å²) in [5.74, 6) is 1.29. The fourth-order valence-corrected chi connectivity index (χ4v) is 3.76. The number of carbonyl (C=O) groups is 2. The second-order valence-electron chi connectivity index (χ2n) is 7.24. The number of esters is 1. The molecule has 0 aliphatic carbocycles. The van der Waals surface area contributed by atoms with Gasteiger partial charge in [-0.05, 0) is 57.3 Å². The van der Waals surface area contributed by atoms with Crippen molar-refractivity contribution < 1.29 is 14.3 Å². The summed E-state index contributed by atoms with van der Waals surface area (Å²) < 4.78 is 4.98. The van der Waals surface area contributed by atoms with Crippen LogP contribution in [-0.2, 0) is 9.53 Å². The highest BCUT2D eigenvalue weighted by atomic mass is 35.5. The molecule has 0 aromatic carbocycles. The van der Waals surface area contributed by atoms with Gasteiger partial charge < -0.3 is 19.9 Å². The molecule has 3 heterocycles. The first-order valence-corrected chi connectivity index (χ1v) is 10.0. The van der Waals surface area contributed by atoms with Crippen LogP contribution in [0.3, 0.4) is 0 Å². The van der Waals surface area contributed by atoms with E-state index in [-0.39, 0.29) is 36.7 Å². The molecule has 2 aliphatic heterocycles. The summed E-state index contributed by atoms with van der Waals surface area (Å²) >= 11 is 0. The average molecular weight is 447 g/mol. The van der Waals surface area contributed by atoms with Gasteiger partial charge in [0.15, 0.2) is 0 Å². The first-order valence-electron chi connectivity index (χ1n) is 10.0. The van der Waals surface area contributed by atoms with E-state index in [0.717, 1.165) is 57.9 Å². The molecule has 3 rings (SSSR count). The predicted molar refractivity (Wildman–Crippen MR) is 118 cm³/mol. The van der Waals surface area contributed by atoms with E-state index in [1.165, 1.54) is 6.42 Å². The van der Waals surface area contributed by atoms with Crippen LogP contribution in [0.15, 0.2) is 18.3 Å². The molecule has 2 saturated heterocycles. The summed E-state index contributed by atoms with van der Waals surface area (Å²) in [6.45, 7) is 7.23. The zero-order chi connectivity index (χ0) is 19.1. The maximum absolute atomic E-state index is 12.6. The number of carbonyl (C=O) groups excluding carboxylic acids is 2. The molecule has 7 nitrogen and oxygen atoms in total. The third-order valence-corrected chi connectivity index (χ3v) is 5.37. The van der Waals surface area contributed by atoms with Crippen LogP contribution < -0.4 is 10.2 Å². The second-order valence-corrected chi connectivity index (χ2v) is 7.24. The van der Waals surface area contributed by atoms with Crippen molar-refractivity contribution in [3.8, 4) is 0 Å². The zero-order valence-electron chi connectivity index (χ0n) is 17.0. The van der Waals surface area contributed by atoms with Crippen LogP contribution in [-0.4, -0.2) is 67.6 Å². The van der Waals surface area contributed by atoms with Crippen molar-refractivity contribution in [1.82, 2.24) is 15.2 Å². The van der Waals surface area contributed by atoms with E-state index >= 15 is 0 Å². The number of nitrogens with zero attached hydrogens (tertiary/aromatic N) is 3. The predicted octanol–water partition coefficient (Wildman–Crippen LogP) is 2.53. The Morgan fingerprint density at radius 1 is 1.14 bits per heavy atom. The summed E-state index contributed by atoms with van der Waals surface area (Å²) in [7, 11) is 0. The highest BCUT2D eigenvalue weighted by Gasteiger charge is 2.24. The number of aromatic nitrogens is 1. The van der Waals surface area contributed by atoms with E-state index in [1.54, 1.807) is 19.2 Å². The SMILES string of the molecule is CCOC(=O)c1ccc(N2CCN(C(=O)CC3CCCNCC3)CC2)nc1.Cl.Cl. The van der Waals surface area contributed by atoms with Gasteiger partial charge in [0.05, 0.1) is 12.2 Å². The van der Waals surface area contributed by atoms with Crippen LogP contribution >= 0.6 is 24.8 Å². The molecular weight excluding hydrogens is 415 g/mol. The van der Waals surface area contributed by atoms with E-state index in [0.29, 0.717) is 24.5 Å². The Hall–Kier alpha value is -1.57. The molecule has 0 bridgehead atoms. The van der Waals surface area contributed by atoms with Crippen LogP contribution in [0.2, 0.25) is 0 Å². The minimum absolute atomic E-state index is 0. The van der Waals surface area contributed by atoms with Gasteiger partial charge in [0.1, 0.15) is 5.82 Å². The Bertz CT molecular complexity index is 629. The number of hydrogen-bond acceptors (Lipinski definition) is 6. The number of rotatable bonds is 5. The molecule has 9 heteroatoms. The van der Waals surface area contributed by atoms with Crippen molar-refractivity contribution in [1.29, 1.82) is 0 Å². The molecule has 2 aliphatic rings. The summed E-state index contributed by atoms with van der Waals surface area (Å²) in [4.78, 5) is 32.9. The fourth-order valence-electron chi connectivity index (χ4n) is 3.76. The van der Waals surface area contributed by atoms with E-state index in [4.69, 9.17) is 4.74 Å². The maximum Gasteiger partial charge on any atom is 0.339 e. The van der Waals surface area contributed by atoms with Gasteiger partial charge in [-0.2, -0.15) is 0 Å². The van der Waals surface area contributed by atoms with Crippen molar-refractivity contribution in [3.05, 3.63) is 23.9 Å². The standard InChI is InChI=1S/C20H30N4O3.2ClH/c1-2-27-20(26)17-5-6-18(22-15-17)23-10-12-24(13-11-23)19(25)14-16-4-3-8-21-9-7-16;;/h5-6,15-16,21H,2-4,7-14H2,1H3;2*1H. The molecule has 0 radical (unpaired) electrons. The Balaban J connectivity index is 0.00000210. The minimum Gasteiger partial charge on any atom is -0.462 e. The number of nitrogens with one attached hydrogen (secondary N) is 1. The molecule has 1 unspecified atom stereocenters. The van der Waals surface area contributed by atoms with E-state index in [9.17, 15) is 9.59 Å². The average Bonchev–Trinajstić information content (AvgIpc) is 2.97. The number of ether oxygens (including phenoxy) is 1. The topological polar surface area (TPSA) is 74.8 Å². The van der Waals surface area contributed by atoms with Crippen LogP contribution in [0.5, 0.6) is 0 Å². The van der Waals surface area contributed by atoms with Crippen molar-refractivity contribution in [3.63, 3.8) is 0 Å². The lowest BCUT2D eigenvalue weighted by atomic mass is 9.96. The number of anilines is 1. The molecule has 1 aromatic rings. The van der Waals surface area contributed by atoms with Gasteiger partial charge in [-0.1, -0.05) is 0 Å². The number of piperazine rings is 1. The van der Waals surface area contributed by atoms with Crippen molar-refractivity contribution in [2.75, 3.05) is 50.8 Å². The quantitative estimate of drug-likeness (QED) is 0.700. The first kappa shape index (κ1) is 25.5. The van der Waals surface area contributed by atoms with Crippen LogP contribution in [0.4, 0.5) is 5.82 Å². The second kappa shape index (κ2) is 12.9. The first-order chi connectivity index (χ1) is 13.2. The Morgan fingerprint density at radius 3 is 2.55 bits per heavy atom. The number of amides is 1. The lowest BCUT2D eigenvalue weighted by Crippen LogP contribution is -2.49. The lowest BCUT2D eigenvalue weighted by Gasteiger charge is -2.36. The van der Waals surface area contributed by atoms with Gasteiger partial charge in [-0.15, -0.1) is 24.8 Å². The highest BCUT2D eigenvalue weighted by molar-refractivity contribution is 5.89. The monoisotopic (exact) mass is 446 g/mol. The Kier molecular flexibility index (Phi) is 11.3. The summed E-state index contributed by atoms with van der Waals surface area (Å²) in [6.07, 6.45) is 5.65. The number of pyridine rings is 1. The van der Waals surface area contributed by atoms with E-state index in [2.05, 4.69) is 15.2 Å². The molecule has 1 amide bonds. The number of halogens is 2. The molecule has 1 N–H and O–H groups in total. The van der Waals surface area contributed by atoms with Gasteiger partial charge in [0.2, 0.25) is 5.91 Å². The molecule has 1 aromatic heterocycles. The molecular formula is C20H32Cl2N4O3. The third kappa shape index (κ3) is 7.32. The largest absolute Gasteiger partial charge is 0.462 e. The lowest BCUT2D eigenvalue weighted by molar-refractivity contribution is -0.132. The van der Waals surface area contributed by atoms with Crippen LogP contribution in [0, 0.1) is 5.92 Å². The highest BCUT2D eigenvalue weighted by Crippen LogP contribution is 2.20. The van der Waals surface area contributed by atoms with Gasteiger partial charge in [0, 0.05) is 38.8 Å². The zero-order valence-corrected chi connectivity index (χ0v) is 18.6. The number of hydrogen-bond donors (Lipinski definition) is 1. The van der Waals surface area contributed by atoms with Gasteiger partial charge in [0.25, 0.3) is 0 Å².